The van der Waals surface area contributed by atoms with Gasteiger partial charge in [0.2, 0.25) is 0 Å². The van der Waals surface area contributed by atoms with Crippen molar-refractivity contribution in [3.05, 3.63) is 59.9 Å². The van der Waals surface area contributed by atoms with Gasteiger partial charge in [0, 0.05) is 5.69 Å². The van der Waals surface area contributed by atoms with Gasteiger partial charge in [0.25, 0.3) is 0 Å². The van der Waals surface area contributed by atoms with Gasteiger partial charge in [0.1, 0.15) is 11.6 Å². The number of rotatable bonds is 4. The van der Waals surface area contributed by atoms with Gasteiger partial charge in [-0.15, -0.1) is 0 Å². The van der Waals surface area contributed by atoms with Gasteiger partial charge in [-0.2, -0.15) is 0 Å². The van der Waals surface area contributed by atoms with E-state index in [2.05, 4.69) is 0 Å². The predicted molar refractivity (Wildman–Crippen MR) is 71.2 cm³/mol. The highest BCUT2D eigenvalue weighted by Gasteiger charge is 2.07. The topological polar surface area (TPSA) is 52.3 Å². The zero-order chi connectivity index (χ0) is 13.7. The molecule has 0 saturated heterocycles. The van der Waals surface area contributed by atoms with Crippen molar-refractivity contribution >= 4 is 11.7 Å². The van der Waals surface area contributed by atoms with Crippen LogP contribution in [0.4, 0.5) is 10.1 Å². The predicted octanol–water partition coefficient (Wildman–Crippen LogP) is 2.95. The van der Waals surface area contributed by atoms with E-state index in [1.165, 1.54) is 24.3 Å². The fraction of sp³-hybridized carbons (Fsp3) is 0.133. The summed E-state index contributed by atoms with van der Waals surface area (Å²) >= 11 is 0. The van der Waals surface area contributed by atoms with Crippen LogP contribution < -0.4 is 10.5 Å². The number of anilines is 1. The summed E-state index contributed by atoms with van der Waals surface area (Å²) < 4.78 is 17.8. The van der Waals surface area contributed by atoms with E-state index >= 15 is 0 Å². The van der Waals surface area contributed by atoms with Gasteiger partial charge in [0.05, 0.1) is 6.42 Å². The van der Waals surface area contributed by atoms with Gasteiger partial charge in [-0.1, -0.05) is 18.2 Å². The maximum absolute atomic E-state index is 12.7. The Labute approximate surface area is 110 Å². The molecule has 0 fully saturated rings. The van der Waals surface area contributed by atoms with E-state index in [4.69, 9.17) is 10.5 Å². The van der Waals surface area contributed by atoms with Crippen molar-refractivity contribution in [3.8, 4) is 5.75 Å². The van der Waals surface area contributed by atoms with Crippen LogP contribution in [-0.2, 0) is 11.2 Å². The monoisotopic (exact) mass is 259 g/mol. The van der Waals surface area contributed by atoms with Crippen LogP contribution >= 0.6 is 0 Å². The first-order valence-corrected chi connectivity index (χ1v) is 5.95. The Bertz CT molecular complexity index is 567. The summed E-state index contributed by atoms with van der Waals surface area (Å²) in [5.41, 5.74) is 7.36. The van der Waals surface area contributed by atoms with E-state index in [-0.39, 0.29) is 18.2 Å². The smallest absolute Gasteiger partial charge is 0.311 e. The molecule has 2 aromatic carbocycles. The average Bonchev–Trinajstić information content (AvgIpc) is 2.40. The number of carbonyl (C=O) groups is 1. The van der Waals surface area contributed by atoms with Crippen LogP contribution in [0.2, 0.25) is 0 Å². The molecule has 0 bridgehead atoms. The van der Waals surface area contributed by atoms with Gasteiger partial charge in [-0.3, -0.25) is 4.79 Å². The summed E-state index contributed by atoms with van der Waals surface area (Å²) in [6.45, 7) is 0. The Morgan fingerprint density at radius 2 is 1.79 bits per heavy atom. The second-order valence-corrected chi connectivity index (χ2v) is 4.13. The summed E-state index contributed by atoms with van der Waals surface area (Å²) in [6.07, 6.45) is 0.748. The molecule has 2 rings (SSSR count). The number of halogens is 1. The molecule has 2 aromatic rings. The quantitative estimate of drug-likeness (QED) is 0.522. The van der Waals surface area contributed by atoms with Crippen LogP contribution in [0, 0.1) is 5.82 Å². The third-order valence-electron chi connectivity index (χ3n) is 2.70. The second kappa shape index (κ2) is 6.00. The lowest BCUT2D eigenvalue weighted by Crippen LogP contribution is -2.09. The minimum Gasteiger partial charge on any atom is -0.427 e. The van der Waals surface area contributed by atoms with Gasteiger partial charge >= 0.3 is 5.97 Å². The molecule has 0 radical (unpaired) electrons. The van der Waals surface area contributed by atoms with Gasteiger partial charge in [-0.05, 0) is 42.3 Å². The fourth-order valence-corrected chi connectivity index (χ4v) is 1.68. The number of aryl methyl sites for hydroxylation is 1. The van der Waals surface area contributed by atoms with Crippen LogP contribution in [0.3, 0.4) is 0 Å². The van der Waals surface area contributed by atoms with Crippen LogP contribution in [0.25, 0.3) is 0 Å². The number of esters is 1. The molecule has 0 amide bonds. The van der Waals surface area contributed by atoms with Crippen LogP contribution in [-0.4, -0.2) is 5.97 Å². The normalized spacial score (nSPS) is 10.2. The standard InChI is InChI=1S/C15H14FNO2/c16-12-6-8-13(9-7-12)19-15(18)10-5-11-3-1-2-4-14(11)17/h1-4,6-9H,5,10,17H2. The van der Waals surface area contributed by atoms with Crippen LogP contribution in [0.15, 0.2) is 48.5 Å². The Balaban J connectivity index is 1.88. The van der Waals surface area contributed by atoms with Crippen molar-refractivity contribution in [2.24, 2.45) is 0 Å². The molecule has 3 nitrogen and oxygen atoms in total. The van der Waals surface area contributed by atoms with E-state index < -0.39 is 0 Å². The molecule has 4 heteroatoms. The zero-order valence-electron chi connectivity index (χ0n) is 10.3. The molecule has 0 atom stereocenters. The lowest BCUT2D eigenvalue weighted by molar-refractivity contribution is -0.134. The highest BCUT2D eigenvalue weighted by Crippen LogP contribution is 2.15. The van der Waals surface area contributed by atoms with Crippen molar-refractivity contribution in [1.29, 1.82) is 0 Å². The van der Waals surface area contributed by atoms with Gasteiger partial charge in [-0.25, -0.2) is 4.39 Å². The number of carbonyl (C=O) groups excluding carboxylic acids is 1. The molecular formula is C15H14FNO2. The van der Waals surface area contributed by atoms with Crippen molar-refractivity contribution in [3.63, 3.8) is 0 Å². The Hall–Kier alpha value is -2.36. The molecule has 98 valence electrons. The maximum atomic E-state index is 12.7. The summed E-state index contributed by atoms with van der Waals surface area (Å²) in [7, 11) is 0. The van der Waals surface area contributed by atoms with E-state index in [9.17, 15) is 9.18 Å². The molecular weight excluding hydrogens is 245 g/mol. The third kappa shape index (κ3) is 3.81. The number of para-hydroxylation sites is 1. The minimum atomic E-state index is -0.366. The molecule has 0 aliphatic heterocycles. The van der Waals surface area contributed by atoms with Crippen molar-refractivity contribution in [2.75, 3.05) is 5.73 Å². The highest BCUT2D eigenvalue weighted by molar-refractivity contribution is 5.73. The molecule has 19 heavy (non-hydrogen) atoms. The number of hydrogen-bond acceptors (Lipinski definition) is 3. The van der Waals surface area contributed by atoms with Crippen molar-refractivity contribution in [2.45, 2.75) is 12.8 Å². The summed E-state index contributed by atoms with van der Waals surface area (Å²) in [6, 6.07) is 12.7. The minimum absolute atomic E-state index is 0.228. The number of ether oxygens (including phenoxy) is 1. The Kier molecular flexibility index (Phi) is 4.13. The van der Waals surface area contributed by atoms with E-state index in [1.54, 1.807) is 6.07 Å². The van der Waals surface area contributed by atoms with Gasteiger partial charge < -0.3 is 10.5 Å². The first-order valence-electron chi connectivity index (χ1n) is 5.95. The maximum Gasteiger partial charge on any atom is 0.311 e. The number of benzene rings is 2. The molecule has 0 unspecified atom stereocenters. The lowest BCUT2D eigenvalue weighted by Gasteiger charge is -2.06. The fourth-order valence-electron chi connectivity index (χ4n) is 1.68. The molecule has 0 aliphatic carbocycles. The largest absolute Gasteiger partial charge is 0.427 e. The summed E-state index contributed by atoms with van der Waals surface area (Å²) in [5.74, 6) is -0.390. The summed E-state index contributed by atoms with van der Waals surface area (Å²) in [4.78, 5) is 11.6. The number of nitrogens with two attached hydrogens (primary N) is 1. The first kappa shape index (κ1) is 13.1. The number of hydrogen-bond donors (Lipinski definition) is 1. The van der Waals surface area contributed by atoms with Crippen LogP contribution in [0.1, 0.15) is 12.0 Å². The SMILES string of the molecule is Nc1ccccc1CCC(=O)Oc1ccc(F)cc1. The van der Waals surface area contributed by atoms with Crippen molar-refractivity contribution in [1.82, 2.24) is 0 Å². The first-order chi connectivity index (χ1) is 9.15. The molecule has 0 saturated carbocycles. The van der Waals surface area contributed by atoms with Crippen molar-refractivity contribution < 1.29 is 13.9 Å². The Morgan fingerprint density at radius 3 is 2.47 bits per heavy atom. The molecule has 2 N–H and O–H groups in total. The number of nitrogen functional groups attached to an aromatic ring is 1. The van der Waals surface area contributed by atoms with Gasteiger partial charge in [0.15, 0.2) is 0 Å². The van der Waals surface area contributed by atoms with E-state index in [0.29, 0.717) is 17.9 Å². The average molecular weight is 259 g/mol. The Morgan fingerprint density at radius 1 is 1.11 bits per heavy atom. The summed E-state index contributed by atoms with van der Waals surface area (Å²) in [5, 5.41) is 0. The molecule has 0 spiro atoms. The molecule has 0 aliphatic rings. The zero-order valence-corrected chi connectivity index (χ0v) is 10.3. The van der Waals surface area contributed by atoms with E-state index in [1.807, 2.05) is 18.2 Å². The van der Waals surface area contributed by atoms with E-state index in [0.717, 1.165) is 5.56 Å². The second-order valence-electron chi connectivity index (χ2n) is 4.13. The van der Waals surface area contributed by atoms with Crippen LogP contribution in [0.5, 0.6) is 5.75 Å². The molecule has 0 heterocycles. The highest BCUT2D eigenvalue weighted by atomic mass is 19.1. The lowest BCUT2D eigenvalue weighted by atomic mass is 10.1. The molecule has 0 aromatic heterocycles. The third-order valence-corrected chi connectivity index (χ3v) is 2.70.